The summed E-state index contributed by atoms with van der Waals surface area (Å²) in [5.41, 5.74) is 1.60. The number of sulfonamides is 1. The average molecular weight is 416 g/mol. The van der Waals surface area contributed by atoms with Crippen molar-refractivity contribution in [1.29, 1.82) is 0 Å². The molecule has 3 aromatic carbocycles. The zero-order valence-electron chi connectivity index (χ0n) is 15.0. The van der Waals surface area contributed by atoms with Crippen LogP contribution in [0.15, 0.2) is 59.5 Å². The number of benzene rings is 3. The Balaban J connectivity index is 1.67. The number of nitrogens with one attached hydrogen (secondary N) is 2. The first kappa shape index (κ1) is 18.9. The van der Waals surface area contributed by atoms with Crippen molar-refractivity contribution in [3.05, 3.63) is 77.4 Å². The van der Waals surface area contributed by atoms with Crippen molar-refractivity contribution in [3.8, 4) is 11.5 Å². The van der Waals surface area contributed by atoms with Crippen LogP contribution >= 0.6 is 0 Å². The minimum absolute atomic E-state index is 0.0642. The lowest BCUT2D eigenvalue weighted by Crippen LogP contribution is -2.15. The van der Waals surface area contributed by atoms with Crippen LogP contribution in [0.1, 0.15) is 15.9 Å². The Hall–Kier alpha value is -3.46. The number of rotatable bonds is 3. The molecule has 0 aliphatic carbocycles. The van der Waals surface area contributed by atoms with Gasteiger partial charge in [0.25, 0.3) is 15.9 Å². The quantitative estimate of drug-likeness (QED) is 0.662. The topological polar surface area (TPSA) is 84.5 Å². The van der Waals surface area contributed by atoms with Gasteiger partial charge in [-0.1, -0.05) is 6.07 Å². The number of aryl methyl sites for hydroxylation is 1. The summed E-state index contributed by atoms with van der Waals surface area (Å²) in [7, 11) is -4.19. The van der Waals surface area contributed by atoms with E-state index in [0.29, 0.717) is 17.5 Å². The Kier molecular flexibility index (Phi) is 4.46. The molecule has 1 amide bonds. The average Bonchev–Trinajstić information content (AvgIpc) is 2.79. The monoisotopic (exact) mass is 416 g/mol. The van der Waals surface area contributed by atoms with Crippen molar-refractivity contribution < 1.29 is 26.7 Å². The molecular weight excluding hydrogens is 402 g/mol. The maximum atomic E-state index is 13.4. The number of hydrogen-bond donors (Lipinski definition) is 2. The van der Waals surface area contributed by atoms with Gasteiger partial charge in [-0.05, 0) is 61.0 Å². The minimum Gasteiger partial charge on any atom is -0.454 e. The Bertz CT molecular complexity index is 1260. The van der Waals surface area contributed by atoms with Gasteiger partial charge in [0.05, 0.1) is 16.1 Å². The number of ether oxygens (including phenoxy) is 1. The van der Waals surface area contributed by atoms with Gasteiger partial charge in [0, 0.05) is 5.69 Å². The van der Waals surface area contributed by atoms with Crippen molar-refractivity contribution in [2.24, 2.45) is 0 Å². The summed E-state index contributed by atoms with van der Waals surface area (Å²) < 4.78 is 59.4. The van der Waals surface area contributed by atoms with Crippen molar-refractivity contribution >= 4 is 27.3 Å². The molecule has 0 unspecified atom stereocenters. The molecule has 29 heavy (non-hydrogen) atoms. The van der Waals surface area contributed by atoms with E-state index in [9.17, 15) is 22.0 Å². The largest absolute Gasteiger partial charge is 0.454 e. The normalized spacial score (nSPS) is 12.9. The van der Waals surface area contributed by atoms with Gasteiger partial charge in [-0.2, -0.15) is 0 Å². The maximum absolute atomic E-state index is 13.4. The van der Waals surface area contributed by atoms with E-state index in [2.05, 4.69) is 10.0 Å². The van der Waals surface area contributed by atoms with Crippen LogP contribution in [0.3, 0.4) is 0 Å². The van der Waals surface area contributed by atoms with Crippen molar-refractivity contribution in [3.63, 3.8) is 0 Å². The van der Waals surface area contributed by atoms with Crippen LogP contribution < -0.4 is 14.8 Å². The second-order valence-electron chi connectivity index (χ2n) is 6.45. The number of hydrogen-bond acceptors (Lipinski definition) is 4. The molecule has 0 fully saturated rings. The highest BCUT2D eigenvalue weighted by Crippen LogP contribution is 2.37. The second-order valence-corrected chi connectivity index (χ2v) is 8.13. The molecule has 1 aliphatic heterocycles. The van der Waals surface area contributed by atoms with Crippen LogP contribution in [0.5, 0.6) is 11.5 Å². The molecule has 0 saturated heterocycles. The Morgan fingerprint density at radius 3 is 2.45 bits per heavy atom. The Labute approximate surface area is 165 Å². The molecule has 6 nitrogen and oxygen atoms in total. The second kappa shape index (κ2) is 6.85. The maximum Gasteiger partial charge on any atom is 0.261 e. The first-order valence-electron chi connectivity index (χ1n) is 8.45. The third-order valence-electron chi connectivity index (χ3n) is 4.28. The molecule has 4 rings (SSSR count). The van der Waals surface area contributed by atoms with Gasteiger partial charge in [-0.15, -0.1) is 0 Å². The molecule has 9 heteroatoms. The van der Waals surface area contributed by atoms with Crippen molar-refractivity contribution in [1.82, 2.24) is 0 Å². The van der Waals surface area contributed by atoms with Crippen molar-refractivity contribution in [2.45, 2.75) is 11.8 Å². The molecule has 0 saturated carbocycles. The Morgan fingerprint density at radius 2 is 1.69 bits per heavy atom. The molecule has 0 aromatic heterocycles. The summed E-state index contributed by atoms with van der Waals surface area (Å²) in [6, 6.07) is 11.7. The number of carbonyl (C=O) groups is 1. The zero-order chi connectivity index (χ0) is 20.8. The van der Waals surface area contributed by atoms with E-state index in [1.807, 2.05) is 13.0 Å². The van der Waals surface area contributed by atoms with E-state index >= 15 is 0 Å². The van der Waals surface area contributed by atoms with E-state index < -0.39 is 32.5 Å². The van der Waals surface area contributed by atoms with E-state index in [-0.39, 0.29) is 17.0 Å². The molecule has 1 aliphatic rings. The summed E-state index contributed by atoms with van der Waals surface area (Å²) >= 11 is 0. The van der Waals surface area contributed by atoms with Crippen LogP contribution in [0.4, 0.5) is 20.2 Å². The summed E-state index contributed by atoms with van der Waals surface area (Å²) in [4.78, 5) is 12.1. The molecule has 0 spiro atoms. The van der Waals surface area contributed by atoms with Gasteiger partial charge < -0.3 is 10.1 Å². The van der Waals surface area contributed by atoms with Crippen LogP contribution in [0.25, 0.3) is 0 Å². The van der Waals surface area contributed by atoms with Crippen LogP contribution in [-0.2, 0) is 10.0 Å². The predicted molar refractivity (Wildman–Crippen MR) is 103 cm³/mol. The highest BCUT2D eigenvalue weighted by molar-refractivity contribution is 7.92. The van der Waals surface area contributed by atoms with Gasteiger partial charge in [0.1, 0.15) is 5.75 Å². The van der Waals surface area contributed by atoms with Gasteiger partial charge in [-0.3, -0.25) is 9.52 Å². The molecule has 3 aromatic rings. The fourth-order valence-corrected chi connectivity index (χ4v) is 3.92. The van der Waals surface area contributed by atoms with Crippen LogP contribution in [-0.4, -0.2) is 14.3 Å². The number of carbonyl (C=O) groups excluding carboxylic acids is 1. The van der Waals surface area contributed by atoms with E-state index in [4.69, 9.17) is 4.74 Å². The highest BCUT2D eigenvalue weighted by Gasteiger charge is 2.23. The van der Waals surface area contributed by atoms with E-state index in [0.717, 1.165) is 17.7 Å². The van der Waals surface area contributed by atoms with E-state index in [1.165, 1.54) is 18.2 Å². The smallest absolute Gasteiger partial charge is 0.261 e. The number of amides is 1. The predicted octanol–water partition coefficient (Wildman–Crippen LogP) is 4.43. The van der Waals surface area contributed by atoms with Gasteiger partial charge >= 0.3 is 0 Å². The lowest BCUT2D eigenvalue weighted by atomic mass is 10.1. The lowest BCUT2D eigenvalue weighted by molar-refractivity contribution is 0.102. The summed E-state index contributed by atoms with van der Waals surface area (Å²) in [6.45, 7) is 1.87. The first-order valence-corrected chi connectivity index (χ1v) is 9.93. The minimum atomic E-state index is -4.19. The zero-order valence-corrected chi connectivity index (χ0v) is 15.8. The molecule has 148 valence electrons. The van der Waals surface area contributed by atoms with Gasteiger partial charge in [0.2, 0.25) is 0 Å². The fraction of sp³-hybridized carbons (Fsp3) is 0.0500. The fourth-order valence-electron chi connectivity index (χ4n) is 2.86. The molecule has 0 bridgehead atoms. The first-order chi connectivity index (χ1) is 13.7. The molecule has 0 atom stereocenters. The summed E-state index contributed by atoms with van der Waals surface area (Å²) in [6.07, 6.45) is 0. The SMILES string of the molecule is Cc1ccc2c(c1)NC(=O)c1cc(NS(=O)(=O)c3ccc(F)c(F)c3)ccc1O2. The van der Waals surface area contributed by atoms with Gasteiger partial charge in [0.15, 0.2) is 17.4 Å². The van der Waals surface area contributed by atoms with Crippen LogP contribution in [0, 0.1) is 18.6 Å². The highest BCUT2D eigenvalue weighted by atomic mass is 32.2. The van der Waals surface area contributed by atoms with E-state index in [1.54, 1.807) is 12.1 Å². The number of fused-ring (bicyclic) bond motifs is 2. The molecule has 0 radical (unpaired) electrons. The van der Waals surface area contributed by atoms with Crippen LogP contribution in [0.2, 0.25) is 0 Å². The number of halogens is 2. The number of anilines is 2. The molecular formula is C20H14F2N2O4S. The Morgan fingerprint density at radius 1 is 0.931 bits per heavy atom. The third-order valence-corrected chi connectivity index (χ3v) is 5.66. The summed E-state index contributed by atoms with van der Waals surface area (Å²) in [5, 5.41) is 2.72. The summed E-state index contributed by atoms with van der Waals surface area (Å²) in [5.74, 6) is -2.20. The van der Waals surface area contributed by atoms with Gasteiger partial charge in [-0.25, -0.2) is 17.2 Å². The lowest BCUT2D eigenvalue weighted by Gasteiger charge is -2.11. The molecule has 2 N–H and O–H groups in total. The third kappa shape index (κ3) is 3.64. The standard InChI is InChI=1S/C20H14F2N2O4S/c1-11-2-6-19-17(8-11)23-20(25)14-9-12(3-7-18(14)28-19)24-29(26,27)13-4-5-15(21)16(22)10-13/h2-10,24H,1H3,(H,23,25). The molecule has 1 heterocycles. The van der Waals surface area contributed by atoms with Crippen molar-refractivity contribution in [2.75, 3.05) is 10.0 Å².